The molecule has 5 heteroatoms. The third-order valence-corrected chi connectivity index (χ3v) is 4.83. The fraction of sp³-hybridized carbons (Fsp3) is 0.364. The van der Waals surface area contributed by atoms with Gasteiger partial charge in [0, 0.05) is 5.69 Å². The van der Waals surface area contributed by atoms with Crippen LogP contribution in [0.1, 0.15) is 31.4 Å². The number of rotatable bonds is 6. The molecule has 2 atom stereocenters. The highest BCUT2D eigenvalue weighted by Crippen LogP contribution is 2.41. The largest absolute Gasteiger partial charge is 0.489 e. The van der Waals surface area contributed by atoms with Gasteiger partial charge in [0.25, 0.3) is 0 Å². The van der Waals surface area contributed by atoms with E-state index in [0.717, 1.165) is 16.8 Å². The summed E-state index contributed by atoms with van der Waals surface area (Å²) in [6, 6.07) is 13.2. The number of hydrogen-bond acceptors (Lipinski definition) is 3. The highest BCUT2D eigenvalue weighted by atomic mass is 16.5. The second-order valence-electron chi connectivity index (χ2n) is 7.34. The molecule has 0 heterocycles. The molecular weight excluding hydrogens is 340 g/mol. The molecule has 0 aliphatic heterocycles. The van der Waals surface area contributed by atoms with E-state index in [1.54, 1.807) is 0 Å². The van der Waals surface area contributed by atoms with Crippen LogP contribution >= 0.6 is 0 Å². The minimum absolute atomic E-state index is 0.0140. The third-order valence-electron chi connectivity index (χ3n) is 4.83. The average molecular weight is 366 g/mol. The molecule has 1 aliphatic carbocycles. The van der Waals surface area contributed by atoms with E-state index in [-0.39, 0.29) is 29.8 Å². The highest BCUT2D eigenvalue weighted by molar-refractivity contribution is 6.04. The van der Waals surface area contributed by atoms with E-state index < -0.39 is 0 Å². The monoisotopic (exact) mass is 366 g/mol. The smallest absolute Gasteiger partial charge is 0.228 e. The van der Waals surface area contributed by atoms with Crippen molar-refractivity contribution in [3.8, 4) is 5.75 Å². The van der Waals surface area contributed by atoms with Crippen LogP contribution in [0, 0.1) is 25.7 Å². The Morgan fingerprint density at radius 1 is 0.926 bits per heavy atom. The van der Waals surface area contributed by atoms with Crippen LogP contribution in [0.15, 0.2) is 42.5 Å². The van der Waals surface area contributed by atoms with Gasteiger partial charge in [0.2, 0.25) is 11.8 Å². The summed E-state index contributed by atoms with van der Waals surface area (Å²) in [6.07, 6.45) is 0.579. The summed E-state index contributed by atoms with van der Waals surface area (Å²) in [7, 11) is 0. The maximum absolute atomic E-state index is 12.6. The first-order chi connectivity index (χ1) is 12.9. The predicted octanol–water partition coefficient (Wildman–Crippen LogP) is 4.30. The number of carbonyl (C=O) groups is 2. The second-order valence-corrected chi connectivity index (χ2v) is 7.34. The topological polar surface area (TPSA) is 67.4 Å². The molecule has 0 saturated heterocycles. The summed E-state index contributed by atoms with van der Waals surface area (Å²) in [4.78, 5) is 25.1. The number of nitrogens with one attached hydrogen (secondary N) is 2. The molecule has 0 radical (unpaired) electrons. The predicted molar refractivity (Wildman–Crippen MR) is 107 cm³/mol. The van der Waals surface area contributed by atoms with Crippen LogP contribution in [0.3, 0.4) is 0 Å². The lowest BCUT2D eigenvalue weighted by Gasteiger charge is -2.15. The summed E-state index contributed by atoms with van der Waals surface area (Å²) in [5.41, 5.74) is 3.62. The molecular formula is C22H26N2O3. The summed E-state index contributed by atoms with van der Waals surface area (Å²) < 4.78 is 5.73. The van der Waals surface area contributed by atoms with E-state index >= 15 is 0 Å². The number of anilines is 2. The van der Waals surface area contributed by atoms with Gasteiger partial charge in [0.15, 0.2) is 0 Å². The van der Waals surface area contributed by atoms with Crippen molar-refractivity contribution < 1.29 is 14.3 Å². The zero-order chi connectivity index (χ0) is 19.6. The van der Waals surface area contributed by atoms with E-state index in [1.165, 1.54) is 0 Å². The molecule has 0 spiro atoms. The van der Waals surface area contributed by atoms with E-state index in [9.17, 15) is 9.59 Å². The molecule has 2 unspecified atom stereocenters. The van der Waals surface area contributed by atoms with Crippen molar-refractivity contribution in [3.05, 3.63) is 53.6 Å². The number of aryl methyl sites for hydroxylation is 1. The maximum Gasteiger partial charge on any atom is 0.228 e. The van der Waals surface area contributed by atoms with E-state index in [1.807, 2.05) is 70.2 Å². The second kappa shape index (κ2) is 7.82. The van der Waals surface area contributed by atoms with Crippen LogP contribution in [0.5, 0.6) is 5.75 Å². The van der Waals surface area contributed by atoms with Crippen molar-refractivity contribution in [1.29, 1.82) is 0 Å². The molecule has 2 aromatic carbocycles. The molecule has 2 aromatic rings. The van der Waals surface area contributed by atoms with Crippen LogP contribution in [-0.2, 0) is 9.59 Å². The van der Waals surface area contributed by atoms with Crippen LogP contribution in [-0.4, -0.2) is 17.9 Å². The molecule has 5 nitrogen and oxygen atoms in total. The standard InChI is InChI=1S/C22H26N2O3/c1-13(2)27-20-11-6-5-9-19(20)24-22(26)17-12-16(17)21(25)23-18-10-7-8-14(3)15(18)4/h5-11,13,16-17H,12H2,1-4H3,(H,23,25)(H,24,26). The molecule has 1 aliphatic rings. The molecule has 142 valence electrons. The summed E-state index contributed by atoms with van der Waals surface area (Å²) in [6.45, 7) is 7.86. The molecule has 1 saturated carbocycles. The van der Waals surface area contributed by atoms with Crippen molar-refractivity contribution in [2.24, 2.45) is 11.8 Å². The van der Waals surface area contributed by atoms with Crippen molar-refractivity contribution in [2.75, 3.05) is 10.6 Å². The molecule has 27 heavy (non-hydrogen) atoms. The lowest BCUT2D eigenvalue weighted by molar-refractivity contribution is -0.122. The Labute approximate surface area is 160 Å². The van der Waals surface area contributed by atoms with Gasteiger partial charge < -0.3 is 15.4 Å². The number of carbonyl (C=O) groups excluding carboxylic acids is 2. The quantitative estimate of drug-likeness (QED) is 0.801. The van der Waals surface area contributed by atoms with E-state index in [4.69, 9.17) is 4.74 Å². The van der Waals surface area contributed by atoms with Crippen molar-refractivity contribution >= 4 is 23.2 Å². The first-order valence-corrected chi connectivity index (χ1v) is 9.30. The Bertz CT molecular complexity index is 860. The average Bonchev–Trinajstić information content (AvgIpc) is 3.41. The Balaban J connectivity index is 1.61. The van der Waals surface area contributed by atoms with Gasteiger partial charge >= 0.3 is 0 Å². The lowest BCUT2D eigenvalue weighted by atomic mass is 10.1. The molecule has 1 fully saturated rings. The van der Waals surface area contributed by atoms with Crippen LogP contribution in [0.2, 0.25) is 0 Å². The number of para-hydroxylation sites is 2. The van der Waals surface area contributed by atoms with Gasteiger partial charge in [-0.25, -0.2) is 0 Å². The Hall–Kier alpha value is -2.82. The number of hydrogen-bond donors (Lipinski definition) is 2. The van der Waals surface area contributed by atoms with Gasteiger partial charge in [-0.2, -0.15) is 0 Å². The maximum atomic E-state index is 12.6. The van der Waals surface area contributed by atoms with Gasteiger partial charge in [0.05, 0.1) is 23.6 Å². The minimum atomic E-state index is -0.303. The van der Waals surface area contributed by atoms with Crippen molar-refractivity contribution in [3.63, 3.8) is 0 Å². The zero-order valence-corrected chi connectivity index (χ0v) is 16.2. The number of benzene rings is 2. The fourth-order valence-corrected chi connectivity index (χ4v) is 3.04. The Kier molecular flexibility index (Phi) is 5.49. The van der Waals surface area contributed by atoms with E-state index in [0.29, 0.717) is 17.9 Å². The number of ether oxygens (including phenoxy) is 1. The minimum Gasteiger partial charge on any atom is -0.489 e. The van der Waals surface area contributed by atoms with Gasteiger partial charge in [-0.15, -0.1) is 0 Å². The highest BCUT2D eigenvalue weighted by Gasteiger charge is 2.48. The van der Waals surface area contributed by atoms with Gasteiger partial charge in [-0.1, -0.05) is 24.3 Å². The van der Waals surface area contributed by atoms with Crippen LogP contribution < -0.4 is 15.4 Å². The summed E-state index contributed by atoms with van der Waals surface area (Å²) in [5.74, 6) is -0.199. The van der Waals surface area contributed by atoms with Gasteiger partial charge in [-0.3, -0.25) is 9.59 Å². The van der Waals surface area contributed by atoms with Gasteiger partial charge in [0.1, 0.15) is 5.75 Å². The Morgan fingerprint density at radius 2 is 1.52 bits per heavy atom. The fourth-order valence-electron chi connectivity index (χ4n) is 3.04. The molecule has 2 amide bonds. The zero-order valence-electron chi connectivity index (χ0n) is 16.2. The van der Waals surface area contributed by atoms with Crippen LogP contribution in [0.25, 0.3) is 0 Å². The molecule has 2 N–H and O–H groups in total. The Morgan fingerprint density at radius 3 is 2.19 bits per heavy atom. The molecule has 3 rings (SSSR count). The summed E-state index contributed by atoms with van der Waals surface area (Å²) in [5, 5.41) is 5.86. The third kappa shape index (κ3) is 4.48. The molecule has 0 bridgehead atoms. The normalized spacial score (nSPS) is 18.1. The summed E-state index contributed by atoms with van der Waals surface area (Å²) >= 11 is 0. The van der Waals surface area contributed by atoms with Crippen LogP contribution in [0.4, 0.5) is 11.4 Å². The lowest BCUT2D eigenvalue weighted by Crippen LogP contribution is -2.21. The SMILES string of the molecule is Cc1cccc(NC(=O)C2CC2C(=O)Nc2ccccc2OC(C)C)c1C. The van der Waals surface area contributed by atoms with Gasteiger partial charge in [-0.05, 0) is 63.4 Å². The first-order valence-electron chi connectivity index (χ1n) is 9.30. The van der Waals surface area contributed by atoms with E-state index in [2.05, 4.69) is 10.6 Å². The van der Waals surface area contributed by atoms with Crippen molar-refractivity contribution in [1.82, 2.24) is 0 Å². The first kappa shape index (κ1) is 19.0. The number of amides is 2. The van der Waals surface area contributed by atoms with Crippen molar-refractivity contribution in [2.45, 2.75) is 40.2 Å². The molecule has 0 aromatic heterocycles.